The van der Waals surface area contributed by atoms with E-state index in [0.29, 0.717) is 5.56 Å². The molecule has 124 valence electrons. The second-order valence-electron chi connectivity index (χ2n) is 5.44. The molecule has 0 saturated heterocycles. The lowest BCUT2D eigenvalue weighted by molar-refractivity contribution is -0.384. The predicted molar refractivity (Wildman–Crippen MR) is 83.3 cm³/mol. The van der Waals surface area contributed by atoms with Gasteiger partial charge in [-0.15, -0.1) is 0 Å². The molecule has 1 saturated carbocycles. The average molecular weight is 321 g/mol. The highest BCUT2D eigenvalue weighted by molar-refractivity contribution is 5.95. The van der Waals surface area contributed by atoms with Crippen LogP contribution in [-0.4, -0.2) is 37.0 Å². The van der Waals surface area contributed by atoms with E-state index in [1.165, 1.54) is 32.4 Å². The monoisotopic (exact) mass is 321 g/mol. The second-order valence-corrected chi connectivity index (χ2v) is 5.44. The Morgan fingerprint density at radius 1 is 1.43 bits per heavy atom. The van der Waals surface area contributed by atoms with Crippen LogP contribution in [0.1, 0.15) is 29.6 Å². The Labute approximate surface area is 133 Å². The molecule has 0 bridgehead atoms. The fourth-order valence-electron chi connectivity index (χ4n) is 2.39. The normalized spacial score (nSPS) is 14.7. The maximum Gasteiger partial charge on any atom is 0.307 e. The van der Waals surface area contributed by atoms with Crippen LogP contribution in [0.15, 0.2) is 18.2 Å². The van der Waals surface area contributed by atoms with Crippen LogP contribution in [0.5, 0.6) is 0 Å². The molecule has 1 amide bonds. The lowest BCUT2D eigenvalue weighted by Crippen LogP contribution is -2.27. The maximum atomic E-state index is 11.7. The van der Waals surface area contributed by atoms with Crippen LogP contribution in [0.2, 0.25) is 0 Å². The molecule has 8 heteroatoms. The Hall–Kier alpha value is -2.64. The number of nitro groups is 1. The zero-order valence-corrected chi connectivity index (χ0v) is 13.0. The number of nitrogens with one attached hydrogen (secondary N) is 2. The van der Waals surface area contributed by atoms with Crippen molar-refractivity contribution in [2.45, 2.75) is 25.3 Å². The third-order valence-corrected chi connectivity index (χ3v) is 3.83. The van der Waals surface area contributed by atoms with Gasteiger partial charge in [-0.1, -0.05) is 0 Å². The molecule has 2 N–H and O–H groups in total. The molecule has 0 spiro atoms. The van der Waals surface area contributed by atoms with Crippen LogP contribution in [0.3, 0.4) is 0 Å². The van der Waals surface area contributed by atoms with Crippen LogP contribution < -0.4 is 10.6 Å². The smallest absolute Gasteiger partial charge is 0.307 e. The molecule has 0 aliphatic heterocycles. The van der Waals surface area contributed by atoms with Crippen LogP contribution in [0.4, 0.5) is 11.4 Å². The number of ether oxygens (including phenoxy) is 1. The van der Waals surface area contributed by atoms with E-state index < -0.39 is 4.92 Å². The van der Waals surface area contributed by atoms with Gasteiger partial charge in [0, 0.05) is 24.7 Å². The largest absolute Gasteiger partial charge is 0.469 e. The van der Waals surface area contributed by atoms with Gasteiger partial charge in [0.05, 0.1) is 18.5 Å². The van der Waals surface area contributed by atoms with Crippen molar-refractivity contribution in [1.29, 1.82) is 0 Å². The molecule has 1 aliphatic carbocycles. The first-order chi connectivity index (χ1) is 11.0. The SMILES string of the molecule is CNC(=O)c1ccc([N+](=O)[O-])c(NC(CC(=O)OC)C2CC2)c1. The molecule has 1 aromatic rings. The molecule has 1 aromatic carbocycles. The Morgan fingerprint density at radius 2 is 2.13 bits per heavy atom. The summed E-state index contributed by atoms with van der Waals surface area (Å²) in [6, 6.07) is 3.87. The number of anilines is 1. The molecular weight excluding hydrogens is 302 g/mol. The summed E-state index contributed by atoms with van der Waals surface area (Å²) in [6.45, 7) is 0. The van der Waals surface area contributed by atoms with Crippen molar-refractivity contribution in [1.82, 2.24) is 5.32 Å². The molecular formula is C15H19N3O5. The first-order valence-electron chi connectivity index (χ1n) is 7.30. The molecule has 2 rings (SSSR count). The molecule has 1 atom stereocenters. The summed E-state index contributed by atoms with van der Waals surface area (Å²) in [5.41, 5.74) is 0.415. The number of esters is 1. The zero-order valence-electron chi connectivity index (χ0n) is 13.0. The number of rotatable bonds is 7. The van der Waals surface area contributed by atoms with Gasteiger partial charge in [0.25, 0.3) is 11.6 Å². The molecule has 0 aromatic heterocycles. The molecule has 1 unspecified atom stereocenters. The highest BCUT2D eigenvalue weighted by atomic mass is 16.6. The summed E-state index contributed by atoms with van der Waals surface area (Å²) < 4.78 is 4.68. The Morgan fingerprint density at radius 3 is 2.65 bits per heavy atom. The Kier molecular flexibility index (Phi) is 5.15. The van der Waals surface area contributed by atoms with Gasteiger partial charge in [-0.3, -0.25) is 19.7 Å². The van der Waals surface area contributed by atoms with Gasteiger partial charge in [0.1, 0.15) is 5.69 Å². The van der Waals surface area contributed by atoms with E-state index in [1.54, 1.807) is 0 Å². The van der Waals surface area contributed by atoms with Gasteiger partial charge in [-0.2, -0.15) is 0 Å². The number of amides is 1. The average Bonchev–Trinajstić information content (AvgIpc) is 3.37. The minimum Gasteiger partial charge on any atom is -0.469 e. The van der Waals surface area contributed by atoms with Crippen LogP contribution in [0, 0.1) is 16.0 Å². The summed E-state index contributed by atoms with van der Waals surface area (Å²) in [5, 5.41) is 16.7. The number of nitrogens with zero attached hydrogens (tertiary/aromatic N) is 1. The highest BCUT2D eigenvalue weighted by Crippen LogP contribution is 2.37. The number of hydrogen-bond donors (Lipinski definition) is 2. The predicted octanol–water partition coefficient (Wildman–Crippen LogP) is 1.71. The lowest BCUT2D eigenvalue weighted by atomic mass is 10.1. The highest BCUT2D eigenvalue weighted by Gasteiger charge is 2.34. The van der Waals surface area contributed by atoms with Crippen molar-refractivity contribution in [2.24, 2.45) is 5.92 Å². The van der Waals surface area contributed by atoms with E-state index in [-0.39, 0.29) is 41.6 Å². The van der Waals surface area contributed by atoms with Gasteiger partial charge in [0.15, 0.2) is 0 Å². The molecule has 0 heterocycles. The number of nitro benzene ring substituents is 1. The van der Waals surface area contributed by atoms with Crippen LogP contribution in [0.25, 0.3) is 0 Å². The molecule has 1 fully saturated rings. The van der Waals surface area contributed by atoms with Crippen molar-refractivity contribution in [2.75, 3.05) is 19.5 Å². The van der Waals surface area contributed by atoms with Crippen molar-refractivity contribution >= 4 is 23.3 Å². The fraction of sp³-hybridized carbons (Fsp3) is 0.467. The second kappa shape index (κ2) is 7.08. The third kappa shape index (κ3) is 4.18. The van der Waals surface area contributed by atoms with Gasteiger partial charge in [-0.05, 0) is 30.9 Å². The molecule has 8 nitrogen and oxygen atoms in total. The number of hydrogen-bond acceptors (Lipinski definition) is 6. The topological polar surface area (TPSA) is 111 Å². The van der Waals surface area contributed by atoms with E-state index in [9.17, 15) is 19.7 Å². The van der Waals surface area contributed by atoms with Crippen molar-refractivity contribution < 1.29 is 19.2 Å². The molecule has 23 heavy (non-hydrogen) atoms. The van der Waals surface area contributed by atoms with E-state index in [0.717, 1.165) is 12.8 Å². The number of benzene rings is 1. The van der Waals surface area contributed by atoms with Crippen molar-refractivity contribution in [3.63, 3.8) is 0 Å². The first-order valence-corrected chi connectivity index (χ1v) is 7.30. The van der Waals surface area contributed by atoms with Gasteiger partial charge in [-0.25, -0.2) is 0 Å². The number of carbonyl (C=O) groups is 2. The van der Waals surface area contributed by atoms with Crippen LogP contribution in [-0.2, 0) is 9.53 Å². The summed E-state index contributed by atoms with van der Waals surface area (Å²) >= 11 is 0. The first kappa shape index (κ1) is 16.7. The van der Waals surface area contributed by atoms with E-state index in [1.807, 2.05) is 0 Å². The standard InChI is InChI=1S/C15H19N3O5/c1-16-15(20)10-5-6-13(18(21)22)12(7-10)17-11(9-3-4-9)8-14(19)23-2/h5-7,9,11,17H,3-4,8H2,1-2H3,(H,16,20). The van der Waals surface area contributed by atoms with Gasteiger partial charge >= 0.3 is 5.97 Å². The number of carbonyl (C=O) groups excluding carboxylic acids is 2. The van der Waals surface area contributed by atoms with Gasteiger partial charge < -0.3 is 15.4 Å². The fourth-order valence-corrected chi connectivity index (χ4v) is 2.39. The summed E-state index contributed by atoms with van der Waals surface area (Å²) in [6.07, 6.45) is 2.04. The van der Waals surface area contributed by atoms with E-state index in [2.05, 4.69) is 15.4 Å². The Balaban J connectivity index is 2.28. The molecule has 0 radical (unpaired) electrons. The van der Waals surface area contributed by atoms with Crippen molar-refractivity contribution in [3.05, 3.63) is 33.9 Å². The van der Waals surface area contributed by atoms with Gasteiger partial charge in [0.2, 0.25) is 0 Å². The number of methoxy groups -OCH3 is 1. The third-order valence-electron chi connectivity index (χ3n) is 3.83. The summed E-state index contributed by atoms with van der Waals surface area (Å²) in [7, 11) is 2.79. The van der Waals surface area contributed by atoms with Crippen LogP contribution >= 0.6 is 0 Å². The quantitative estimate of drug-likeness (QED) is 0.449. The van der Waals surface area contributed by atoms with E-state index >= 15 is 0 Å². The minimum atomic E-state index is -0.516. The zero-order chi connectivity index (χ0) is 17.0. The summed E-state index contributed by atoms with van der Waals surface area (Å²) in [4.78, 5) is 33.9. The Bertz CT molecular complexity index is 628. The summed E-state index contributed by atoms with van der Waals surface area (Å²) in [5.74, 6) is -0.434. The molecule has 1 aliphatic rings. The van der Waals surface area contributed by atoms with E-state index in [4.69, 9.17) is 0 Å². The lowest BCUT2D eigenvalue weighted by Gasteiger charge is -2.18. The van der Waals surface area contributed by atoms with Crippen molar-refractivity contribution in [3.8, 4) is 0 Å². The maximum absolute atomic E-state index is 11.7. The minimum absolute atomic E-state index is 0.128.